The van der Waals surface area contributed by atoms with Crippen molar-refractivity contribution in [2.75, 3.05) is 0 Å². The van der Waals surface area contributed by atoms with Crippen molar-refractivity contribution in [1.82, 2.24) is 10.3 Å². The summed E-state index contributed by atoms with van der Waals surface area (Å²) in [6.07, 6.45) is -0.576. The molecule has 1 N–H and O–H groups in total. The van der Waals surface area contributed by atoms with Crippen LogP contribution in [0.3, 0.4) is 0 Å². The number of carbonyl (C=O) groups excluding carboxylic acids is 1. The number of ether oxygens (including phenoxy) is 1. The summed E-state index contributed by atoms with van der Waals surface area (Å²) in [6.45, 7) is 8.64. The van der Waals surface area contributed by atoms with E-state index in [1.807, 2.05) is 60.0 Å². The molecule has 5 heteroatoms. The molecule has 0 saturated carbocycles. The second-order valence-corrected chi connectivity index (χ2v) is 8.62. The van der Waals surface area contributed by atoms with Gasteiger partial charge in [-0.2, -0.15) is 0 Å². The second kappa shape index (κ2) is 8.57. The van der Waals surface area contributed by atoms with E-state index in [1.54, 1.807) is 18.3 Å². The number of nitrogens with zero attached hydrogens (tertiary/aromatic N) is 1. The lowest BCUT2D eigenvalue weighted by Gasteiger charge is -2.20. The summed E-state index contributed by atoms with van der Waals surface area (Å²) in [5.41, 5.74) is 3.25. The van der Waals surface area contributed by atoms with Crippen molar-refractivity contribution in [3.63, 3.8) is 0 Å². The van der Waals surface area contributed by atoms with Crippen LogP contribution < -0.4 is 10.1 Å². The van der Waals surface area contributed by atoms with Gasteiger partial charge < -0.3 is 10.1 Å². The lowest BCUT2D eigenvalue weighted by molar-refractivity contribution is -0.127. The molecule has 1 aromatic heterocycles. The quantitative estimate of drug-likeness (QED) is 0.626. The number of hydrogen-bond acceptors (Lipinski definition) is 4. The monoisotopic (exact) mass is 394 g/mol. The average Bonchev–Trinajstić information content (AvgIpc) is 3.15. The van der Waals surface area contributed by atoms with Crippen molar-refractivity contribution in [1.29, 1.82) is 0 Å². The summed E-state index contributed by atoms with van der Waals surface area (Å²) in [6, 6.07) is 17.9. The molecule has 1 atom stereocenters. The predicted molar refractivity (Wildman–Crippen MR) is 115 cm³/mol. The molecule has 0 spiro atoms. The van der Waals surface area contributed by atoms with E-state index in [0.717, 1.165) is 16.3 Å². The lowest BCUT2D eigenvalue weighted by Crippen LogP contribution is -2.36. The fourth-order valence-corrected chi connectivity index (χ4v) is 3.54. The van der Waals surface area contributed by atoms with Gasteiger partial charge in [0.2, 0.25) is 0 Å². The molecule has 0 saturated heterocycles. The first-order valence-electron chi connectivity index (χ1n) is 9.37. The van der Waals surface area contributed by atoms with E-state index in [9.17, 15) is 4.79 Å². The topological polar surface area (TPSA) is 51.2 Å². The molecule has 28 heavy (non-hydrogen) atoms. The van der Waals surface area contributed by atoms with Crippen LogP contribution in [0.15, 0.2) is 60.0 Å². The molecule has 0 fully saturated rings. The van der Waals surface area contributed by atoms with Crippen molar-refractivity contribution in [3.05, 3.63) is 71.2 Å². The van der Waals surface area contributed by atoms with Gasteiger partial charge in [0.1, 0.15) is 10.8 Å². The van der Waals surface area contributed by atoms with Gasteiger partial charge in [0.05, 0.1) is 12.2 Å². The van der Waals surface area contributed by atoms with Crippen molar-refractivity contribution in [2.24, 2.45) is 0 Å². The highest BCUT2D eigenvalue weighted by molar-refractivity contribution is 7.13. The highest BCUT2D eigenvalue weighted by Gasteiger charge is 2.17. The zero-order valence-electron chi connectivity index (χ0n) is 16.7. The van der Waals surface area contributed by atoms with Gasteiger partial charge in [-0.1, -0.05) is 63.2 Å². The molecule has 3 rings (SSSR count). The van der Waals surface area contributed by atoms with Gasteiger partial charge in [0, 0.05) is 10.9 Å². The van der Waals surface area contributed by atoms with Gasteiger partial charge in [-0.3, -0.25) is 4.79 Å². The van der Waals surface area contributed by atoms with Crippen LogP contribution in [0.5, 0.6) is 5.75 Å². The van der Waals surface area contributed by atoms with E-state index >= 15 is 0 Å². The predicted octanol–water partition coefficient (Wildman–Crippen LogP) is 5.19. The van der Waals surface area contributed by atoms with E-state index in [0.29, 0.717) is 12.3 Å². The van der Waals surface area contributed by atoms with Gasteiger partial charge >= 0.3 is 0 Å². The van der Waals surface area contributed by atoms with E-state index in [2.05, 4.69) is 31.1 Å². The first-order chi connectivity index (χ1) is 13.3. The molecule has 0 aliphatic carbocycles. The molecule has 0 unspecified atom stereocenters. The van der Waals surface area contributed by atoms with E-state index in [4.69, 9.17) is 4.74 Å². The second-order valence-electron chi connectivity index (χ2n) is 7.76. The van der Waals surface area contributed by atoms with Crippen LogP contribution in [-0.2, 0) is 16.8 Å². The number of rotatable bonds is 6. The van der Waals surface area contributed by atoms with Crippen LogP contribution in [0, 0.1) is 0 Å². The van der Waals surface area contributed by atoms with Gasteiger partial charge in [-0.15, -0.1) is 11.3 Å². The maximum Gasteiger partial charge on any atom is 0.261 e. The molecule has 0 aliphatic heterocycles. The summed E-state index contributed by atoms with van der Waals surface area (Å²) in [5, 5.41) is 5.82. The normalized spacial score (nSPS) is 12.4. The summed E-state index contributed by atoms with van der Waals surface area (Å²) < 4.78 is 5.78. The summed E-state index contributed by atoms with van der Waals surface area (Å²) in [7, 11) is 0. The van der Waals surface area contributed by atoms with Gasteiger partial charge in [-0.05, 0) is 30.0 Å². The smallest absolute Gasteiger partial charge is 0.261 e. The van der Waals surface area contributed by atoms with Crippen LogP contribution in [0.2, 0.25) is 0 Å². The van der Waals surface area contributed by atoms with E-state index < -0.39 is 6.10 Å². The molecule has 2 aromatic carbocycles. The molecule has 146 valence electrons. The fourth-order valence-electron chi connectivity index (χ4n) is 2.71. The minimum Gasteiger partial charge on any atom is -0.481 e. The summed E-state index contributed by atoms with van der Waals surface area (Å²) >= 11 is 1.57. The van der Waals surface area contributed by atoms with Gasteiger partial charge in [-0.25, -0.2) is 4.98 Å². The van der Waals surface area contributed by atoms with Crippen LogP contribution in [0.25, 0.3) is 10.6 Å². The molecule has 0 aliphatic rings. The number of aromatic nitrogens is 1. The van der Waals surface area contributed by atoms with Crippen LogP contribution in [0.1, 0.15) is 39.0 Å². The van der Waals surface area contributed by atoms with Gasteiger partial charge in [0.15, 0.2) is 6.10 Å². The van der Waals surface area contributed by atoms with Crippen LogP contribution in [-0.4, -0.2) is 17.0 Å². The third-order valence-electron chi connectivity index (χ3n) is 4.42. The standard InChI is InChI=1S/C23H26N2O2S/c1-16(27-20-12-10-18(11-13-20)23(2,3)4)21(26)24-14-19-15-28-22(25-19)17-8-6-5-7-9-17/h5-13,15-16H,14H2,1-4H3,(H,24,26)/t16-/m1/s1. The van der Waals surface area contributed by atoms with E-state index in [-0.39, 0.29) is 11.3 Å². The fraction of sp³-hybridized carbons (Fsp3) is 0.304. The molecule has 4 nitrogen and oxygen atoms in total. The Kier molecular flexibility index (Phi) is 6.15. The first kappa shape index (κ1) is 20.1. The van der Waals surface area contributed by atoms with Crippen molar-refractivity contribution in [2.45, 2.75) is 45.8 Å². The largest absolute Gasteiger partial charge is 0.481 e. The lowest BCUT2D eigenvalue weighted by atomic mass is 9.87. The highest BCUT2D eigenvalue weighted by atomic mass is 32.1. The summed E-state index contributed by atoms with van der Waals surface area (Å²) in [5.74, 6) is 0.532. The SMILES string of the molecule is C[C@@H](Oc1ccc(C(C)(C)C)cc1)C(=O)NCc1csc(-c2ccccc2)n1. The Labute approximate surface area is 170 Å². The van der Waals surface area contributed by atoms with E-state index in [1.165, 1.54) is 5.56 Å². The molecule has 0 radical (unpaired) electrons. The van der Waals surface area contributed by atoms with Gasteiger partial charge in [0.25, 0.3) is 5.91 Å². The molecular formula is C23H26N2O2S. The minimum absolute atomic E-state index is 0.0909. The Balaban J connectivity index is 1.53. The maximum absolute atomic E-state index is 12.4. The zero-order chi connectivity index (χ0) is 20.1. The number of thiazole rings is 1. The molecule has 3 aromatic rings. The summed E-state index contributed by atoms with van der Waals surface area (Å²) in [4.78, 5) is 17.0. The minimum atomic E-state index is -0.576. The van der Waals surface area contributed by atoms with Crippen LogP contribution in [0.4, 0.5) is 0 Å². The molecule has 0 bridgehead atoms. The Morgan fingerprint density at radius 3 is 2.43 bits per heavy atom. The maximum atomic E-state index is 12.4. The Bertz CT molecular complexity index is 912. The molecule has 1 amide bonds. The number of amides is 1. The van der Waals surface area contributed by atoms with Crippen molar-refractivity contribution in [3.8, 4) is 16.3 Å². The Hall–Kier alpha value is -2.66. The number of nitrogens with one attached hydrogen (secondary N) is 1. The Morgan fingerprint density at radius 1 is 1.11 bits per heavy atom. The molecular weight excluding hydrogens is 368 g/mol. The average molecular weight is 395 g/mol. The Morgan fingerprint density at radius 2 is 1.79 bits per heavy atom. The van der Waals surface area contributed by atoms with Crippen LogP contribution >= 0.6 is 11.3 Å². The number of carbonyl (C=O) groups is 1. The first-order valence-corrected chi connectivity index (χ1v) is 10.3. The molecule has 1 heterocycles. The van der Waals surface area contributed by atoms with Crippen molar-refractivity contribution < 1.29 is 9.53 Å². The third kappa shape index (κ3) is 5.20. The number of benzene rings is 2. The highest BCUT2D eigenvalue weighted by Crippen LogP contribution is 2.25. The third-order valence-corrected chi connectivity index (χ3v) is 5.36. The zero-order valence-corrected chi connectivity index (χ0v) is 17.5. The number of hydrogen-bond donors (Lipinski definition) is 1. The van der Waals surface area contributed by atoms with Crippen molar-refractivity contribution >= 4 is 17.2 Å².